The third-order valence-corrected chi connectivity index (χ3v) is 6.47. The molecular formula is C23H24FN5O2S. The first kappa shape index (κ1) is 21.9. The smallest absolute Gasteiger partial charge is 0.317 e. The number of hydrogen-bond acceptors (Lipinski definition) is 5. The summed E-state index contributed by atoms with van der Waals surface area (Å²) in [7, 11) is 0. The molecule has 1 aromatic heterocycles. The zero-order valence-electron chi connectivity index (χ0n) is 17.5. The van der Waals surface area contributed by atoms with Crippen molar-refractivity contribution in [2.75, 3.05) is 25.0 Å². The number of halogens is 1. The molecule has 0 unspecified atom stereocenters. The number of nitrogens with one attached hydrogen (secondary N) is 2. The molecule has 1 aliphatic heterocycles. The molecule has 4 rings (SSSR count). The second kappa shape index (κ2) is 10.3. The lowest BCUT2D eigenvalue weighted by Crippen LogP contribution is -2.44. The molecule has 7 nitrogen and oxygen atoms in total. The Kier molecular flexibility index (Phi) is 7.06. The Labute approximate surface area is 189 Å². The van der Waals surface area contributed by atoms with Crippen LogP contribution in [0.25, 0.3) is 0 Å². The van der Waals surface area contributed by atoms with E-state index < -0.39 is 11.7 Å². The van der Waals surface area contributed by atoms with Gasteiger partial charge in [0.15, 0.2) is 0 Å². The highest BCUT2D eigenvalue weighted by Crippen LogP contribution is 2.30. The van der Waals surface area contributed by atoms with E-state index in [0.29, 0.717) is 25.3 Å². The van der Waals surface area contributed by atoms with Crippen LogP contribution >= 0.6 is 11.3 Å². The van der Waals surface area contributed by atoms with Crippen LogP contribution in [0.2, 0.25) is 0 Å². The van der Waals surface area contributed by atoms with Gasteiger partial charge in [-0.3, -0.25) is 4.79 Å². The van der Waals surface area contributed by atoms with E-state index in [9.17, 15) is 14.0 Å². The fourth-order valence-electron chi connectivity index (χ4n) is 3.64. The van der Waals surface area contributed by atoms with E-state index in [2.05, 4.69) is 20.8 Å². The lowest BCUT2D eigenvalue weighted by molar-refractivity contribution is 0.102. The number of aromatic nitrogens is 2. The molecule has 0 saturated carbocycles. The first-order valence-electron chi connectivity index (χ1n) is 10.6. The Morgan fingerprint density at radius 2 is 1.84 bits per heavy atom. The number of benzene rings is 2. The molecule has 0 aliphatic carbocycles. The number of rotatable bonds is 6. The van der Waals surface area contributed by atoms with E-state index in [1.54, 1.807) is 6.07 Å². The van der Waals surface area contributed by atoms with Crippen LogP contribution in [0.5, 0.6) is 0 Å². The molecule has 9 heteroatoms. The highest BCUT2D eigenvalue weighted by Gasteiger charge is 2.27. The lowest BCUT2D eigenvalue weighted by atomic mass is 9.98. The van der Waals surface area contributed by atoms with Crippen LogP contribution in [0, 0.1) is 5.82 Å². The Hall–Kier alpha value is -3.33. The minimum Gasteiger partial charge on any atom is -0.338 e. The van der Waals surface area contributed by atoms with Gasteiger partial charge in [-0.2, -0.15) is 0 Å². The number of amides is 3. The van der Waals surface area contributed by atoms with E-state index in [1.165, 1.54) is 35.1 Å². The van der Waals surface area contributed by atoms with Crippen LogP contribution in [-0.4, -0.2) is 46.7 Å². The Bertz CT molecular complexity index is 1070. The van der Waals surface area contributed by atoms with Crippen LogP contribution in [0.3, 0.4) is 0 Å². The topological polar surface area (TPSA) is 87.2 Å². The second-order valence-corrected chi connectivity index (χ2v) is 8.65. The van der Waals surface area contributed by atoms with Gasteiger partial charge < -0.3 is 15.5 Å². The maximum atomic E-state index is 13.3. The number of carbonyl (C=O) groups excluding carboxylic acids is 2. The SMILES string of the molecule is O=C(Nc1cccc(F)c1)c1nnc(C2CCN(C(=O)NCCc3ccccc3)CC2)s1. The van der Waals surface area contributed by atoms with Gasteiger partial charge in [-0.1, -0.05) is 47.7 Å². The van der Waals surface area contributed by atoms with Crippen molar-refractivity contribution in [3.8, 4) is 0 Å². The quantitative estimate of drug-likeness (QED) is 0.589. The third-order valence-electron chi connectivity index (χ3n) is 5.38. The van der Waals surface area contributed by atoms with Gasteiger partial charge in [0.2, 0.25) is 5.01 Å². The molecular weight excluding hydrogens is 429 g/mol. The molecule has 1 saturated heterocycles. The number of nitrogens with zero attached hydrogens (tertiary/aromatic N) is 3. The minimum absolute atomic E-state index is 0.0493. The van der Waals surface area contributed by atoms with E-state index in [0.717, 1.165) is 24.3 Å². The average Bonchev–Trinajstić information content (AvgIpc) is 3.30. The van der Waals surface area contributed by atoms with E-state index in [1.807, 2.05) is 35.2 Å². The summed E-state index contributed by atoms with van der Waals surface area (Å²) >= 11 is 1.24. The fraction of sp³-hybridized carbons (Fsp3) is 0.304. The molecule has 1 aliphatic rings. The Balaban J connectivity index is 1.24. The lowest BCUT2D eigenvalue weighted by Gasteiger charge is -2.31. The number of anilines is 1. The fourth-order valence-corrected chi connectivity index (χ4v) is 4.55. The number of carbonyl (C=O) groups is 2. The van der Waals surface area contributed by atoms with Gasteiger partial charge >= 0.3 is 6.03 Å². The van der Waals surface area contributed by atoms with Crippen molar-refractivity contribution in [1.82, 2.24) is 20.4 Å². The maximum absolute atomic E-state index is 13.3. The molecule has 2 N–H and O–H groups in total. The van der Waals surface area contributed by atoms with Crippen molar-refractivity contribution in [3.05, 3.63) is 76.0 Å². The summed E-state index contributed by atoms with van der Waals surface area (Å²) in [6.07, 6.45) is 2.34. The first-order valence-corrected chi connectivity index (χ1v) is 11.4. The van der Waals surface area contributed by atoms with Crippen LogP contribution < -0.4 is 10.6 Å². The molecule has 1 fully saturated rings. The van der Waals surface area contributed by atoms with Gasteiger partial charge in [-0.25, -0.2) is 9.18 Å². The predicted molar refractivity (Wildman–Crippen MR) is 121 cm³/mol. The highest BCUT2D eigenvalue weighted by atomic mass is 32.1. The molecule has 2 heterocycles. The minimum atomic E-state index is -0.420. The van der Waals surface area contributed by atoms with Crippen molar-refractivity contribution >= 4 is 29.0 Å². The zero-order chi connectivity index (χ0) is 22.3. The summed E-state index contributed by atoms with van der Waals surface area (Å²) < 4.78 is 13.3. The maximum Gasteiger partial charge on any atom is 0.317 e. The summed E-state index contributed by atoms with van der Waals surface area (Å²) in [6.45, 7) is 1.86. The van der Waals surface area contributed by atoms with Crippen LogP contribution in [0.4, 0.5) is 14.9 Å². The summed E-state index contributed by atoms with van der Waals surface area (Å²) in [6, 6.07) is 15.7. The van der Waals surface area contributed by atoms with Crippen molar-refractivity contribution in [2.45, 2.75) is 25.2 Å². The van der Waals surface area contributed by atoms with Crippen molar-refractivity contribution < 1.29 is 14.0 Å². The van der Waals surface area contributed by atoms with Gasteiger partial charge in [0, 0.05) is 31.2 Å². The molecule has 0 radical (unpaired) electrons. The van der Waals surface area contributed by atoms with Crippen molar-refractivity contribution in [1.29, 1.82) is 0 Å². The molecule has 0 atom stereocenters. The van der Waals surface area contributed by atoms with Crippen molar-refractivity contribution in [2.24, 2.45) is 0 Å². The van der Waals surface area contributed by atoms with Crippen LogP contribution in [0.15, 0.2) is 54.6 Å². The molecule has 32 heavy (non-hydrogen) atoms. The van der Waals surface area contributed by atoms with Crippen LogP contribution in [0.1, 0.15) is 39.1 Å². The summed E-state index contributed by atoms with van der Waals surface area (Å²) in [5, 5.41) is 14.8. The van der Waals surface area contributed by atoms with Gasteiger partial charge in [0.25, 0.3) is 5.91 Å². The van der Waals surface area contributed by atoms with Gasteiger partial charge in [0.1, 0.15) is 10.8 Å². The molecule has 0 bridgehead atoms. The molecule has 166 valence electrons. The zero-order valence-corrected chi connectivity index (χ0v) is 18.3. The molecule has 3 amide bonds. The van der Waals surface area contributed by atoms with E-state index in [-0.39, 0.29) is 17.0 Å². The summed E-state index contributed by atoms with van der Waals surface area (Å²) in [5.41, 5.74) is 1.57. The third kappa shape index (κ3) is 5.67. The summed E-state index contributed by atoms with van der Waals surface area (Å²) in [5.74, 6) is -0.664. The molecule has 0 spiro atoms. The summed E-state index contributed by atoms with van der Waals surface area (Å²) in [4.78, 5) is 26.6. The normalized spacial score (nSPS) is 14.2. The van der Waals surface area contributed by atoms with Gasteiger partial charge in [-0.05, 0) is 43.0 Å². The monoisotopic (exact) mass is 453 g/mol. The van der Waals surface area contributed by atoms with Gasteiger partial charge in [-0.15, -0.1) is 10.2 Å². The predicted octanol–water partition coefficient (Wildman–Crippen LogP) is 4.06. The molecule has 3 aromatic rings. The molecule has 2 aromatic carbocycles. The second-order valence-electron chi connectivity index (χ2n) is 7.64. The average molecular weight is 454 g/mol. The van der Waals surface area contributed by atoms with E-state index >= 15 is 0 Å². The van der Waals surface area contributed by atoms with Gasteiger partial charge in [0.05, 0.1) is 0 Å². The first-order chi connectivity index (χ1) is 15.6. The highest BCUT2D eigenvalue weighted by molar-refractivity contribution is 7.13. The number of likely N-dealkylation sites (tertiary alicyclic amines) is 1. The van der Waals surface area contributed by atoms with Crippen molar-refractivity contribution in [3.63, 3.8) is 0 Å². The van der Waals surface area contributed by atoms with Crippen LogP contribution in [-0.2, 0) is 6.42 Å². The van der Waals surface area contributed by atoms with E-state index in [4.69, 9.17) is 0 Å². The number of urea groups is 1. The Morgan fingerprint density at radius 1 is 1.06 bits per heavy atom. The Morgan fingerprint density at radius 3 is 2.59 bits per heavy atom. The number of hydrogen-bond donors (Lipinski definition) is 2. The number of piperidine rings is 1. The largest absolute Gasteiger partial charge is 0.338 e. The standard InChI is InChI=1S/C23H24FN5O2S/c24-18-7-4-8-19(15-18)26-20(30)22-28-27-21(32-22)17-10-13-29(14-11-17)23(31)25-12-9-16-5-2-1-3-6-16/h1-8,15,17H,9-14H2,(H,25,31)(H,26,30).